The summed E-state index contributed by atoms with van der Waals surface area (Å²) in [5, 5.41) is 5.33. The standard InChI is InChI=1S/C23H22FN5O3/c1-15-13-29(14-26-15)19-8-3-16(11-20(19)31-2)12-21-22(25-9-10-32-21)28-23(30)27-18-6-4-17(24)5-7-18/h3-8,11-14H,9-10H2,1-2H3,(H2,25,27,28,30). The zero-order valence-corrected chi connectivity index (χ0v) is 17.6. The first kappa shape index (κ1) is 21.1. The van der Waals surface area contributed by atoms with Crippen molar-refractivity contribution < 1.29 is 18.7 Å². The van der Waals surface area contributed by atoms with Gasteiger partial charge in [-0.1, -0.05) is 6.07 Å². The predicted octanol–water partition coefficient (Wildman–Crippen LogP) is 3.92. The van der Waals surface area contributed by atoms with Gasteiger partial charge in [-0.3, -0.25) is 10.3 Å². The molecule has 0 spiro atoms. The monoisotopic (exact) mass is 435 g/mol. The maximum atomic E-state index is 13.0. The van der Waals surface area contributed by atoms with Gasteiger partial charge in [-0.15, -0.1) is 0 Å². The van der Waals surface area contributed by atoms with Gasteiger partial charge in [0.2, 0.25) is 0 Å². The van der Waals surface area contributed by atoms with Crippen LogP contribution in [0, 0.1) is 12.7 Å². The largest absolute Gasteiger partial charge is 0.495 e. The van der Waals surface area contributed by atoms with Crippen molar-refractivity contribution in [3.8, 4) is 11.4 Å². The number of aryl methyl sites for hydroxylation is 1. The molecule has 1 aliphatic heterocycles. The molecular formula is C23H22FN5O3. The topological polar surface area (TPSA) is 89.8 Å². The molecule has 32 heavy (non-hydrogen) atoms. The number of methoxy groups -OCH3 is 1. The molecular weight excluding hydrogens is 413 g/mol. The summed E-state index contributed by atoms with van der Waals surface area (Å²) in [6, 6.07) is 10.7. The van der Waals surface area contributed by atoms with Gasteiger partial charge in [0.15, 0.2) is 11.6 Å². The minimum absolute atomic E-state index is 0.309. The van der Waals surface area contributed by atoms with Crippen molar-refractivity contribution in [2.45, 2.75) is 6.92 Å². The van der Waals surface area contributed by atoms with Crippen LogP contribution in [0.1, 0.15) is 11.3 Å². The van der Waals surface area contributed by atoms with Crippen molar-refractivity contribution in [3.05, 3.63) is 77.8 Å². The molecule has 0 unspecified atom stereocenters. The molecule has 0 atom stereocenters. The molecule has 2 aromatic carbocycles. The van der Waals surface area contributed by atoms with Gasteiger partial charge in [0.05, 0.1) is 31.4 Å². The summed E-state index contributed by atoms with van der Waals surface area (Å²) < 4.78 is 26.2. The number of hydrogen-bond acceptors (Lipinski definition) is 5. The van der Waals surface area contributed by atoms with Gasteiger partial charge < -0.3 is 19.4 Å². The zero-order valence-electron chi connectivity index (χ0n) is 17.6. The molecule has 9 heteroatoms. The van der Waals surface area contributed by atoms with Crippen molar-refractivity contribution in [1.29, 1.82) is 0 Å². The molecule has 0 bridgehead atoms. The zero-order chi connectivity index (χ0) is 22.5. The summed E-state index contributed by atoms with van der Waals surface area (Å²) in [5.74, 6) is 1.02. The lowest BCUT2D eigenvalue weighted by Gasteiger charge is -2.18. The van der Waals surface area contributed by atoms with Crippen molar-refractivity contribution in [3.63, 3.8) is 0 Å². The van der Waals surface area contributed by atoms with Gasteiger partial charge in [0, 0.05) is 11.9 Å². The van der Waals surface area contributed by atoms with Gasteiger partial charge in [0.25, 0.3) is 0 Å². The van der Waals surface area contributed by atoms with E-state index in [-0.39, 0.29) is 5.82 Å². The van der Waals surface area contributed by atoms with Crippen LogP contribution in [-0.2, 0) is 4.74 Å². The second kappa shape index (κ2) is 9.34. The fourth-order valence-electron chi connectivity index (χ4n) is 3.18. The smallest absolute Gasteiger partial charge is 0.324 e. The van der Waals surface area contributed by atoms with Crippen molar-refractivity contribution in [2.24, 2.45) is 4.99 Å². The number of halogens is 1. The number of carbonyl (C=O) groups excluding carboxylic acids is 1. The number of carbonyl (C=O) groups is 1. The highest BCUT2D eigenvalue weighted by atomic mass is 19.1. The molecule has 1 aliphatic rings. The van der Waals surface area contributed by atoms with E-state index in [1.807, 2.05) is 35.9 Å². The fraction of sp³-hybridized carbons (Fsp3) is 0.174. The molecule has 3 aromatic rings. The van der Waals surface area contributed by atoms with E-state index < -0.39 is 6.03 Å². The lowest BCUT2D eigenvalue weighted by molar-refractivity contribution is 0.230. The second-order valence-corrected chi connectivity index (χ2v) is 7.03. The lowest BCUT2D eigenvalue weighted by Crippen LogP contribution is -2.38. The number of nitrogens with zero attached hydrogens (tertiary/aromatic N) is 3. The number of rotatable bonds is 4. The van der Waals surface area contributed by atoms with Gasteiger partial charge in [-0.25, -0.2) is 14.2 Å². The molecule has 8 nitrogen and oxygen atoms in total. The van der Waals surface area contributed by atoms with Gasteiger partial charge >= 0.3 is 6.03 Å². The summed E-state index contributed by atoms with van der Waals surface area (Å²) >= 11 is 0. The highest BCUT2D eigenvalue weighted by Gasteiger charge is 2.17. The van der Waals surface area contributed by atoms with Crippen LogP contribution in [0.5, 0.6) is 5.75 Å². The summed E-state index contributed by atoms with van der Waals surface area (Å²) in [6.07, 6.45) is 5.42. The molecule has 164 valence electrons. The van der Waals surface area contributed by atoms with E-state index in [0.717, 1.165) is 16.9 Å². The Morgan fingerprint density at radius 1 is 1.22 bits per heavy atom. The Labute approximate surface area is 184 Å². The Bertz CT molecular complexity index is 1180. The minimum atomic E-state index is -0.504. The van der Waals surface area contributed by atoms with Crippen molar-refractivity contribution in [2.75, 3.05) is 25.6 Å². The molecule has 0 fully saturated rings. The molecule has 1 aromatic heterocycles. The number of aromatic nitrogens is 2. The summed E-state index contributed by atoms with van der Waals surface area (Å²) in [7, 11) is 1.60. The van der Waals surface area contributed by atoms with Crippen LogP contribution >= 0.6 is 0 Å². The van der Waals surface area contributed by atoms with Crippen LogP contribution in [0.3, 0.4) is 0 Å². The van der Waals surface area contributed by atoms with E-state index >= 15 is 0 Å². The second-order valence-electron chi connectivity index (χ2n) is 7.03. The average molecular weight is 435 g/mol. The van der Waals surface area contributed by atoms with E-state index in [1.165, 1.54) is 24.3 Å². The Hall–Kier alpha value is -4.14. The number of nitrogens with one attached hydrogen (secondary N) is 2. The molecule has 0 saturated carbocycles. The molecule has 4 rings (SSSR count). The Kier molecular flexibility index (Phi) is 6.16. The molecule has 2 N–H and O–H groups in total. The van der Waals surface area contributed by atoms with E-state index in [4.69, 9.17) is 9.47 Å². The Balaban J connectivity index is 1.52. The number of amidine groups is 1. The maximum Gasteiger partial charge on any atom is 0.324 e. The third kappa shape index (κ3) is 4.94. The Morgan fingerprint density at radius 2 is 2.03 bits per heavy atom. The maximum absolute atomic E-state index is 13.0. The highest BCUT2D eigenvalue weighted by Crippen LogP contribution is 2.26. The number of hydrogen-bond donors (Lipinski definition) is 2. The van der Waals surface area contributed by atoms with E-state index in [0.29, 0.717) is 36.2 Å². The van der Waals surface area contributed by atoms with E-state index in [1.54, 1.807) is 19.5 Å². The number of anilines is 1. The van der Waals surface area contributed by atoms with Crippen molar-refractivity contribution >= 4 is 23.6 Å². The Morgan fingerprint density at radius 3 is 2.75 bits per heavy atom. The molecule has 0 aliphatic carbocycles. The van der Waals surface area contributed by atoms with Gasteiger partial charge in [-0.2, -0.15) is 0 Å². The number of benzene rings is 2. The van der Waals surface area contributed by atoms with Crippen LogP contribution in [0.4, 0.5) is 14.9 Å². The number of imidazole rings is 1. The summed E-state index contributed by atoms with van der Waals surface area (Å²) in [4.78, 5) is 21.0. The van der Waals surface area contributed by atoms with Crippen LogP contribution in [0.15, 0.2) is 65.7 Å². The quantitative estimate of drug-likeness (QED) is 0.650. The first-order chi connectivity index (χ1) is 15.5. The lowest BCUT2D eigenvalue weighted by atomic mass is 10.1. The molecule has 0 saturated heterocycles. The number of urea groups is 1. The van der Waals surface area contributed by atoms with E-state index in [2.05, 4.69) is 20.6 Å². The normalized spacial score (nSPS) is 14.5. The van der Waals surface area contributed by atoms with Crippen LogP contribution in [-0.4, -0.2) is 41.7 Å². The highest BCUT2D eigenvalue weighted by molar-refractivity contribution is 6.11. The molecule has 2 heterocycles. The first-order valence-corrected chi connectivity index (χ1v) is 9.94. The third-order valence-electron chi connectivity index (χ3n) is 4.68. The number of ether oxygens (including phenoxy) is 2. The fourth-order valence-corrected chi connectivity index (χ4v) is 3.18. The number of aliphatic imine (C=N–C) groups is 1. The van der Waals surface area contributed by atoms with Crippen LogP contribution in [0.25, 0.3) is 11.8 Å². The predicted molar refractivity (Wildman–Crippen MR) is 120 cm³/mol. The molecule has 0 radical (unpaired) electrons. The van der Waals surface area contributed by atoms with Crippen LogP contribution in [0.2, 0.25) is 0 Å². The third-order valence-corrected chi connectivity index (χ3v) is 4.68. The average Bonchev–Trinajstić information content (AvgIpc) is 3.22. The van der Waals surface area contributed by atoms with Crippen LogP contribution < -0.4 is 15.4 Å². The molecule has 2 amide bonds. The summed E-state index contributed by atoms with van der Waals surface area (Å²) in [5.41, 5.74) is 3.03. The van der Waals surface area contributed by atoms with Gasteiger partial charge in [-0.05, 0) is 55.0 Å². The van der Waals surface area contributed by atoms with Gasteiger partial charge in [0.1, 0.15) is 18.2 Å². The van der Waals surface area contributed by atoms with E-state index in [9.17, 15) is 9.18 Å². The number of amides is 2. The SMILES string of the molecule is COc1cc(C=C2OCCN=C2NC(=O)Nc2ccc(F)cc2)ccc1-n1cnc(C)c1. The van der Waals surface area contributed by atoms with Crippen molar-refractivity contribution in [1.82, 2.24) is 14.9 Å². The minimum Gasteiger partial charge on any atom is -0.495 e. The summed E-state index contributed by atoms with van der Waals surface area (Å²) in [6.45, 7) is 2.74. The first-order valence-electron chi connectivity index (χ1n) is 9.94.